The van der Waals surface area contributed by atoms with Gasteiger partial charge in [-0.25, -0.2) is 0 Å². The highest BCUT2D eigenvalue weighted by atomic mass is 16.3. The van der Waals surface area contributed by atoms with Crippen molar-refractivity contribution in [3.63, 3.8) is 0 Å². The van der Waals surface area contributed by atoms with Crippen LogP contribution >= 0.6 is 0 Å². The summed E-state index contributed by atoms with van der Waals surface area (Å²) in [5.74, 6) is 0.271. The number of anilines is 1. The molecule has 0 aliphatic heterocycles. The maximum absolute atomic E-state index is 10.2. The normalized spacial score (nSPS) is 16.9. The van der Waals surface area contributed by atoms with Crippen LogP contribution in [0.2, 0.25) is 0 Å². The van der Waals surface area contributed by atoms with Crippen molar-refractivity contribution in [1.29, 1.82) is 0 Å². The van der Waals surface area contributed by atoms with Gasteiger partial charge in [-0.1, -0.05) is 32.0 Å². The first-order chi connectivity index (χ1) is 7.42. The van der Waals surface area contributed by atoms with Gasteiger partial charge in [0.25, 0.3) is 0 Å². The molecule has 2 atom stereocenters. The lowest BCUT2D eigenvalue weighted by Gasteiger charge is -2.31. The molecular weight excluding hydrogens is 198 g/mol. The van der Waals surface area contributed by atoms with E-state index in [1.54, 1.807) is 0 Å². The molecule has 0 aliphatic carbocycles. The fourth-order valence-electron chi connectivity index (χ4n) is 1.73. The van der Waals surface area contributed by atoms with Gasteiger partial charge in [-0.3, -0.25) is 0 Å². The summed E-state index contributed by atoms with van der Waals surface area (Å²) in [7, 11) is 0. The summed E-state index contributed by atoms with van der Waals surface area (Å²) in [6, 6.07) is 10.4. The van der Waals surface area contributed by atoms with Crippen LogP contribution in [0.1, 0.15) is 34.1 Å². The number of para-hydroxylation sites is 1. The summed E-state index contributed by atoms with van der Waals surface area (Å²) in [5.41, 5.74) is 0.496. The zero-order chi connectivity index (χ0) is 12.2. The zero-order valence-electron chi connectivity index (χ0n) is 10.7. The van der Waals surface area contributed by atoms with Gasteiger partial charge in [-0.15, -0.1) is 0 Å². The molecule has 0 bridgehead atoms. The van der Waals surface area contributed by atoms with E-state index >= 15 is 0 Å². The first kappa shape index (κ1) is 13.0. The van der Waals surface area contributed by atoms with Crippen molar-refractivity contribution in [2.24, 2.45) is 5.92 Å². The highest BCUT2D eigenvalue weighted by Gasteiger charge is 2.26. The predicted molar refractivity (Wildman–Crippen MR) is 69.6 cm³/mol. The lowest BCUT2D eigenvalue weighted by atomic mass is 9.86. The van der Waals surface area contributed by atoms with Crippen LogP contribution in [0.3, 0.4) is 0 Å². The molecule has 0 fully saturated rings. The minimum atomic E-state index is -0.610. The number of hydrogen-bond donors (Lipinski definition) is 2. The topological polar surface area (TPSA) is 32.3 Å². The summed E-state index contributed by atoms with van der Waals surface area (Å²) in [6.07, 6.45) is 0.750. The number of aliphatic hydroxyl groups is 1. The Morgan fingerprint density at radius 1 is 1.19 bits per heavy atom. The third-order valence-electron chi connectivity index (χ3n) is 3.15. The van der Waals surface area contributed by atoms with E-state index in [1.165, 1.54) is 0 Å². The molecule has 0 radical (unpaired) electrons. The molecule has 0 amide bonds. The minimum absolute atomic E-state index is 0.264. The molecule has 0 unspecified atom stereocenters. The van der Waals surface area contributed by atoms with Gasteiger partial charge in [0.15, 0.2) is 0 Å². The van der Waals surface area contributed by atoms with E-state index in [1.807, 2.05) is 37.3 Å². The summed E-state index contributed by atoms with van der Waals surface area (Å²) >= 11 is 0. The SMILES string of the molecule is CC(C)[C@](C)(O)C[C@@H](C)Nc1ccccc1. The molecule has 1 aromatic rings. The summed E-state index contributed by atoms with van der Waals surface area (Å²) in [5, 5.41) is 13.6. The van der Waals surface area contributed by atoms with Crippen LogP contribution in [-0.2, 0) is 0 Å². The highest BCUT2D eigenvalue weighted by molar-refractivity contribution is 5.43. The number of nitrogens with one attached hydrogen (secondary N) is 1. The molecule has 1 rings (SSSR count). The fraction of sp³-hybridized carbons (Fsp3) is 0.571. The summed E-state index contributed by atoms with van der Waals surface area (Å²) in [4.78, 5) is 0. The smallest absolute Gasteiger partial charge is 0.0661 e. The Hall–Kier alpha value is -1.02. The second kappa shape index (κ2) is 5.35. The van der Waals surface area contributed by atoms with Crippen LogP contribution in [0.15, 0.2) is 30.3 Å². The highest BCUT2D eigenvalue weighted by Crippen LogP contribution is 2.23. The molecule has 2 N–H and O–H groups in total. The minimum Gasteiger partial charge on any atom is -0.390 e. The Morgan fingerprint density at radius 3 is 2.25 bits per heavy atom. The first-order valence-electron chi connectivity index (χ1n) is 5.96. The third kappa shape index (κ3) is 3.86. The van der Waals surface area contributed by atoms with Crippen molar-refractivity contribution < 1.29 is 5.11 Å². The molecular formula is C14H23NO. The van der Waals surface area contributed by atoms with Gasteiger partial charge >= 0.3 is 0 Å². The van der Waals surface area contributed by atoms with Gasteiger partial charge in [0.2, 0.25) is 0 Å². The van der Waals surface area contributed by atoms with Crippen LogP contribution in [0, 0.1) is 5.92 Å². The molecule has 0 aliphatic rings. The Bertz CT molecular complexity index is 306. The molecule has 0 spiro atoms. The van der Waals surface area contributed by atoms with Crippen molar-refractivity contribution in [3.05, 3.63) is 30.3 Å². The van der Waals surface area contributed by atoms with E-state index in [0.717, 1.165) is 12.1 Å². The van der Waals surface area contributed by atoms with Gasteiger partial charge in [0, 0.05) is 11.7 Å². The van der Waals surface area contributed by atoms with Crippen LogP contribution in [0.5, 0.6) is 0 Å². The molecule has 0 aromatic heterocycles. The second-order valence-corrected chi connectivity index (χ2v) is 5.13. The fourth-order valence-corrected chi connectivity index (χ4v) is 1.73. The van der Waals surface area contributed by atoms with E-state index in [0.29, 0.717) is 0 Å². The molecule has 2 nitrogen and oxygen atoms in total. The van der Waals surface area contributed by atoms with Crippen molar-refractivity contribution in [3.8, 4) is 0 Å². The Kier molecular flexibility index (Phi) is 4.36. The second-order valence-electron chi connectivity index (χ2n) is 5.13. The quantitative estimate of drug-likeness (QED) is 0.799. The van der Waals surface area contributed by atoms with Crippen molar-refractivity contribution in [2.45, 2.75) is 45.8 Å². The largest absolute Gasteiger partial charge is 0.390 e. The lowest BCUT2D eigenvalue weighted by Crippen LogP contribution is -2.36. The summed E-state index contributed by atoms with van der Waals surface area (Å²) < 4.78 is 0. The monoisotopic (exact) mass is 221 g/mol. The van der Waals surface area contributed by atoms with Gasteiger partial charge in [-0.2, -0.15) is 0 Å². The number of hydrogen-bond acceptors (Lipinski definition) is 2. The van der Waals surface area contributed by atoms with Gasteiger partial charge < -0.3 is 10.4 Å². The van der Waals surface area contributed by atoms with Crippen molar-refractivity contribution in [1.82, 2.24) is 0 Å². The van der Waals surface area contributed by atoms with Crippen LogP contribution in [0.4, 0.5) is 5.69 Å². The van der Waals surface area contributed by atoms with Gasteiger partial charge in [0.1, 0.15) is 0 Å². The van der Waals surface area contributed by atoms with Crippen LogP contribution in [-0.4, -0.2) is 16.7 Å². The molecule has 1 aromatic carbocycles. The molecule has 16 heavy (non-hydrogen) atoms. The van der Waals surface area contributed by atoms with E-state index < -0.39 is 5.60 Å². The van der Waals surface area contributed by atoms with Gasteiger partial charge in [0.05, 0.1) is 5.60 Å². The van der Waals surface area contributed by atoms with Crippen LogP contribution in [0.25, 0.3) is 0 Å². The first-order valence-corrected chi connectivity index (χ1v) is 5.96. The molecule has 0 saturated carbocycles. The predicted octanol–water partition coefficient (Wildman–Crippen LogP) is 3.28. The Labute approximate surface area is 98.7 Å². The Morgan fingerprint density at radius 2 is 1.75 bits per heavy atom. The van der Waals surface area contributed by atoms with E-state index in [9.17, 15) is 5.11 Å². The van der Waals surface area contributed by atoms with Crippen molar-refractivity contribution in [2.75, 3.05) is 5.32 Å². The van der Waals surface area contributed by atoms with E-state index in [2.05, 4.69) is 26.1 Å². The molecule has 90 valence electrons. The third-order valence-corrected chi connectivity index (χ3v) is 3.15. The maximum atomic E-state index is 10.2. The molecule has 0 saturated heterocycles. The zero-order valence-corrected chi connectivity index (χ0v) is 10.7. The van der Waals surface area contributed by atoms with Gasteiger partial charge in [-0.05, 0) is 38.3 Å². The van der Waals surface area contributed by atoms with Crippen LogP contribution < -0.4 is 5.32 Å². The lowest BCUT2D eigenvalue weighted by molar-refractivity contribution is 0.00242. The molecule has 0 heterocycles. The maximum Gasteiger partial charge on any atom is 0.0661 e. The molecule has 2 heteroatoms. The van der Waals surface area contributed by atoms with Crippen molar-refractivity contribution >= 4 is 5.69 Å². The average molecular weight is 221 g/mol. The Balaban J connectivity index is 2.51. The standard InChI is InChI=1S/C14H23NO/c1-11(2)14(4,16)10-12(3)15-13-8-6-5-7-9-13/h5-9,11-12,15-16H,10H2,1-4H3/t12-,14-/m1/s1. The average Bonchev–Trinajstić information content (AvgIpc) is 2.17. The van der Waals surface area contributed by atoms with E-state index in [-0.39, 0.29) is 12.0 Å². The van der Waals surface area contributed by atoms with E-state index in [4.69, 9.17) is 0 Å². The number of benzene rings is 1. The number of rotatable bonds is 5. The summed E-state index contributed by atoms with van der Waals surface area (Å²) in [6.45, 7) is 8.11.